The number of ether oxygens (including phenoxy) is 2. The van der Waals surface area contributed by atoms with E-state index in [4.69, 9.17) is 21.1 Å². The van der Waals surface area contributed by atoms with Crippen LogP contribution in [0.5, 0.6) is 0 Å². The summed E-state index contributed by atoms with van der Waals surface area (Å²) in [6.07, 6.45) is 4.28. The molecule has 2 N–H and O–H groups in total. The highest BCUT2D eigenvalue weighted by molar-refractivity contribution is 9.11. The van der Waals surface area contributed by atoms with E-state index in [0.29, 0.717) is 27.2 Å². The molecule has 7 atom stereocenters. The molecule has 0 aliphatic carbocycles. The van der Waals surface area contributed by atoms with Crippen molar-refractivity contribution in [1.29, 1.82) is 0 Å². The summed E-state index contributed by atoms with van der Waals surface area (Å²) in [5, 5.41) is 14.0. The minimum absolute atomic E-state index is 0.0365. The van der Waals surface area contributed by atoms with Crippen molar-refractivity contribution >= 4 is 56.9 Å². The van der Waals surface area contributed by atoms with Crippen molar-refractivity contribution in [1.82, 2.24) is 10.2 Å². The third-order valence-corrected chi connectivity index (χ3v) is 10.4. The average molecular weight is 727 g/mol. The molecule has 0 radical (unpaired) electrons. The van der Waals surface area contributed by atoms with Crippen molar-refractivity contribution in [3.05, 3.63) is 87.9 Å². The van der Waals surface area contributed by atoms with Crippen molar-refractivity contribution < 1.29 is 33.8 Å². The van der Waals surface area contributed by atoms with Crippen LogP contribution in [0.15, 0.2) is 77.3 Å². The van der Waals surface area contributed by atoms with Crippen LogP contribution >= 0.6 is 27.5 Å². The van der Waals surface area contributed by atoms with E-state index in [0.717, 1.165) is 0 Å². The van der Waals surface area contributed by atoms with Crippen LogP contribution in [0.25, 0.3) is 0 Å². The molecular weight excluding hydrogens is 690 g/mol. The van der Waals surface area contributed by atoms with E-state index in [-0.39, 0.29) is 31.3 Å². The third-order valence-electron chi connectivity index (χ3n) is 9.50. The number of likely N-dealkylation sites (tertiary alicyclic amines) is 1. The van der Waals surface area contributed by atoms with Crippen LogP contribution in [0.2, 0.25) is 5.02 Å². The Labute approximate surface area is 286 Å². The zero-order chi connectivity index (χ0) is 33.5. The summed E-state index contributed by atoms with van der Waals surface area (Å²) in [6.45, 7) is 3.51. The predicted molar refractivity (Wildman–Crippen MR) is 178 cm³/mol. The highest BCUT2D eigenvalue weighted by Crippen LogP contribution is 2.59. The van der Waals surface area contributed by atoms with E-state index in [2.05, 4.69) is 21.2 Å². The number of fused-ring (bicyclic) bond motifs is 2. The smallest absolute Gasteiger partial charge is 0.313 e. The average Bonchev–Trinajstić information content (AvgIpc) is 3.65. The number of aliphatic hydroxyl groups excluding tert-OH is 1. The van der Waals surface area contributed by atoms with E-state index >= 15 is 0 Å². The van der Waals surface area contributed by atoms with Crippen molar-refractivity contribution in [2.45, 2.75) is 56.6 Å². The monoisotopic (exact) mass is 725 g/mol. The summed E-state index contributed by atoms with van der Waals surface area (Å²) in [5.41, 5.74) is -0.296. The fourth-order valence-corrected chi connectivity index (χ4v) is 8.06. The largest absolute Gasteiger partial charge is 0.455 e. The van der Waals surface area contributed by atoms with Crippen molar-refractivity contribution in [2.24, 2.45) is 17.8 Å². The van der Waals surface area contributed by atoms with E-state index in [1.54, 1.807) is 48.6 Å². The molecule has 248 valence electrons. The maximum absolute atomic E-state index is 15.0. The molecule has 6 rings (SSSR count). The number of aliphatic hydroxyl groups is 1. The third kappa shape index (κ3) is 6.03. The second-order valence-corrected chi connectivity index (χ2v) is 14.0. The van der Waals surface area contributed by atoms with Gasteiger partial charge >= 0.3 is 5.97 Å². The lowest BCUT2D eigenvalue weighted by molar-refractivity contribution is -0.160. The van der Waals surface area contributed by atoms with Crippen LogP contribution in [0.3, 0.4) is 0 Å². The Hall–Kier alpha value is -3.51. The Morgan fingerprint density at radius 2 is 1.77 bits per heavy atom. The Kier molecular flexibility index (Phi) is 9.62. The van der Waals surface area contributed by atoms with Crippen LogP contribution < -0.4 is 10.2 Å². The first kappa shape index (κ1) is 33.4. The quantitative estimate of drug-likeness (QED) is 0.348. The number of hydrogen-bond acceptors (Lipinski definition) is 7. The molecule has 12 heteroatoms. The van der Waals surface area contributed by atoms with Gasteiger partial charge in [-0.15, -0.1) is 0 Å². The van der Waals surface area contributed by atoms with Crippen molar-refractivity contribution in [3.63, 3.8) is 0 Å². The van der Waals surface area contributed by atoms with Crippen LogP contribution in [-0.2, 0) is 28.7 Å². The summed E-state index contributed by atoms with van der Waals surface area (Å²) in [6, 6.07) is 13.9. The summed E-state index contributed by atoms with van der Waals surface area (Å²) >= 11 is 9.77. The Balaban J connectivity index is 1.49. The van der Waals surface area contributed by atoms with Gasteiger partial charge in [-0.1, -0.05) is 83.9 Å². The SMILES string of the molecule is CC(C)[C@H](CO)N1C(=O)[C@H]2[C@@H]3C(=O)O[C@H](c4ccccc4)CNC(=O)CC/C=C\CN(c4ccc(Cl)cc4)C(=O)[C@H]1[C@@]21C=C(Br)[C@@H]3O1. The second-order valence-electron chi connectivity index (χ2n) is 12.6. The first-order valence-electron chi connectivity index (χ1n) is 15.8. The normalized spacial score (nSPS) is 31.0. The van der Waals surface area contributed by atoms with Gasteiger partial charge in [-0.05, 0) is 48.2 Å². The lowest BCUT2D eigenvalue weighted by Gasteiger charge is -2.40. The Morgan fingerprint density at radius 3 is 2.45 bits per heavy atom. The molecule has 10 nitrogen and oxygen atoms in total. The predicted octanol–water partition coefficient (Wildman–Crippen LogP) is 4.31. The number of carbonyl (C=O) groups is 4. The van der Waals surface area contributed by atoms with Crippen LogP contribution in [0, 0.1) is 17.8 Å². The number of allylic oxidation sites excluding steroid dienone is 1. The number of halogens is 2. The van der Waals surface area contributed by atoms with Gasteiger partial charge in [0.05, 0.1) is 25.1 Å². The molecule has 4 aliphatic heterocycles. The summed E-state index contributed by atoms with van der Waals surface area (Å²) in [4.78, 5) is 59.6. The molecule has 1 spiro atoms. The number of nitrogens with zero attached hydrogens (tertiary/aromatic N) is 2. The highest BCUT2D eigenvalue weighted by Gasteiger charge is 2.75. The standard InChI is InChI=1S/C35H37BrClN3O7/c1-20(2)25(19-41)40-31-33(44)39(23-14-12-22(37)13-15-23)16-8-4-7-11-27(42)38-18-26(21-9-5-3-6-10-21)46-34(45)28-29(32(40)43)35(31)17-24(36)30(28)47-35/h3-6,8-10,12-15,17,20,25-26,28-31,41H,7,11,16,18-19H2,1-2H3,(H,38,42)/b8-4-/t25-,26-,28-,29+,30-,31-,35+/m0/s1. The maximum atomic E-state index is 15.0. The number of benzene rings is 2. The molecule has 47 heavy (non-hydrogen) atoms. The fourth-order valence-electron chi connectivity index (χ4n) is 7.20. The lowest BCUT2D eigenvalue weighted by atomic mass is 9.74. The van der Waals surface area contributed by atoms with Crippen molar-refractivity contribution in [3.8, 4) is 0 Å². The van der Waals surface area contributed by atoms with Gasteiger partial charge in [0.2, 0.25) is 11.8 Å². The number of hydrogen-bond donors (Lipinski definition) is 2. The molecule has 0 aromatic heterocycles. The van der Waals surface area contributed by atoms with E-state index in [1.807, 2.05) is 38.1 Å². The summed E-state index contributed by atoms with van der Waals surface area (Å²) in [5.74, 6) is -4.21. The van der Waals surface area contributed by atoms with Crippen LogP contribution in [0.1, 0.15) is 38.4 Å². The minimum atomic E-state index is -1.51. The van der Waals surface area contributed by atoms with Crippen LogP contribution in [0.4, 0.5) is 5.69 Å². The topological polar surface area (TPSA) is 125 Å². The number of cyclic esters (lactones) is 1. The molecular formula is C35H37BrClN3O7. The second kappa shape index (κ2) is 13.5. The Morgan fingerprint density at radius 1 is 1.04 bits per heavy atom. The number of nitrogens with one attached hydrogen (secondary N) is 1. The van der Waals surface area contributed by atoms with E-state index < -0.39 is 66.1 Å². The van der Waals surface area contributed by atoms with Gasteiger partial charge in [0.25, 0.3) is 5.91 Å². The molecule has 2 fully saturated rings. The molecule has 4 heterocycles. The number of rotatable bonds is 5. The van der Waals surface area contributed by atoms with Crippen LogP contribution in [-0.4, -0.2) is 77.2 Å². The Bertz CT molecular complexity index is 1600. The fraction of sp³-hybridized carbons (Fsp3) is 0.429. The van der Waals surface area contributed by atoms with E-state index in [9.17, 15) is 24.3 Å². The molecule has 2 saturated heterocycles. The molecule has 4 aliphatic rings. The zero-order valence-corrected chi connectivity index (χ0v) is 28.4. The first-order chi connectivity index (χ1) is 22.6. The van der Waals surface area contributed by atoms with Gasteiger partial charge < -0.3 is 29.7 Å². The van der Waals surface area contributed by atoms with Gasteiger partial charge in [0.1, 0.15) is 29.8 Å². The summed E-state index contributed by atoms with van der Waals surface area (Å²) in [7, 11) is 0. The number of anilines is 1. The molecule has 3 amide bonds. The maximum Gasteiger partial charge on any atom is 0.313 e. The lowest BCUT2D eigenvalue weighted by Crippen LogP contribution is -2.59. The zero-order valence-electron chi connectivity index (χ0n) is 26.1. The number of amides is 3. The summed E-state index contributed by atoms with van der Waals surface area (Å²) < 4.78 is 13.3. The number of carbonyl (C=O) groups excluding carboxylic acids is 4. The first-order valence-corrected chi connectivity index (χ1v) is 17.0. The molecule has 0 saturated carbocycles. The van der Waals surface area contributed by atoms with Crippen molar-refractivity contribution in [2.75, 3.05) is 24.6 Å². The molecule has 5 bridgehead atoms. The molecule has 2 aromatic carbocycles. The van der Waals surface area contributed by atoms with E-state index in [1.165, 1.54) is 9.80 Å². The minimum Gasteiger partial charge on any atom is -0.455 e. The molecule has 0 unspecified atom stereocenters. The highest BCUT2D eigenvalue weighted by atomic mass is 79.9. The molecule has 2 aromatic rings. The number of esters is 1. The van der Waals surface area contributed by atoms with Gasteiger partial charge in [-0.2, -0.15) is 0 Å². The van der Waals surface area contributed by atoms with Gasteiger partial charge in [0.15, 0.2) is 0 Å². The van der Waals surface area contributed by atoms with Gasteiger partial charge in [0, 0.05) is 28.2 Å². The van der Waals surface area contributed by atoms with Gasteiger partial charge in [-0.3, -0.25) is 19.2 Å². The van der Waals surface area contributed by atoms with Gasteiger partial charge in [-0.25, -0.2) is 0 Å².